The van der Waals surface area contributed by atoms with E-state index in [-0.39, 0.29) is 5.56 Å². The minimum Gasteiger partial charge on any atom is -0.346 e. The molecule has 5 rings (SSSR count). The van der Waals surface area contributed by atoms with Crippen LogP contribution in [0.25, 0.3) is 27.5 Å². The monoisotopic (exact) mass is 343 g/mol. The molecule has 0 saturated carbocycles. The van der Waals surface area contributed by atoms with Crippen LogP contribution < -0.4 is 10.5 Å². The molecule has 3 aromatic heterocycles. The molecule has 0 spiro atoms. The Kier molecular flexibility index (Phi) is 3.35. The van der Waals surface area contributed by atoms with Gasteiger partial charge < -0.3 is 9.88 Å². The van der Waals surface area contributed by atoms with Gasteiger partial charge in [-0.25, -0.2) is 9.97 Å². The lowest BCUT2D eigenvalue weighted by Crippen LogP contribution is -2.31. The second-order valence-corrected chi connectivity index (χ2v) is 6.43. The number of para-hydroxylation sites is 1. The minimum atomic E-state index is -0.0944. The lowest BCUT2D eigenvalue weighted by molar-refractivity contribution is 0.798. The standard InChI is InChI=1S/C20H17N5O/c26-19-15-4-1-2-6-17(15)23-20(24-19)25-10-7-13(8-11-25)16-12-22-18-14(16)5-3-9-21-18/h1-7,9,12H,8,10-11H2,(H,21,22)(H,23,24,26). The maximum Gasteiger partial charge on any atom is 0.260 e. The van der Waals surface area contributed by atoms with Crippen LogP contribution in [0.4, 0.5) is 5.95 Å². The van der Waals surface area contributed by atoms with Crippen molar-refractivity contribution in [2.24, 2.45) is 0 Å². The number of nitrogens with zero attached hydrogens (tertiary/aromatic N) is 3. The summed E-state index contributed by atoms with van der Waals surface area (Å²) in [4.78, 5) is 29.5. The molecule has 128 valence electrons. The van der Waals surface area contributed by atoms with E-state index in [1.165, 1.54) is 11.1 Å². The van der Waals surface area contributed by atoms with E-state index in [1.54, 1.807) is 12.3 Å². The topological polar surface area (TPSA) is 77.7 Å². The van der Waals surface area contributed by atoms with E-state index >= 15 is 0 Å². The largest absolute Gasteiger partial charge is 0.346 e. The molecule has 0 saturated heterocycles. The number of hydrogen-bond donors (Lipinski definition) is 2. The number of pyridine rings is 1. The van der Waals surface area contributed by atoms with Gasteiger partial charge in [0.25, 0.3) is 5.56 Å². The number of anilines is 1. The second kappa shape index (κ2) is 5.84. The van der Waals surface area contributed by atoms with Crippen LogP contribution in [0.2, 0.25) is 0 Å². The third kappa shape index (κ3) is 2.38. The Balaban J connectivity index is 1.47. The van der Waals surface area contributed by atoms with Crippen LogP contribution in [0.1, 0.15) is 12.0 Å². The van der Waals surface area contributed by atoms with Crippen molar-refractivity contribution in [1.29, 1.82) is 0 Å². The molecule has 0 radical (unpaired) electrons. The summed E-state index contributed by atoms with van der Waals surface area (Å²) in [6.45, 7) is 1.52. The number of rotatable bonds is 2. The third-order valence-corrected chi connectivity index (χ3v) is 4.91. The van der Waals surface area contributed by atoms with E-state index in [1.807, 2.05) is 30.5 Å². The van der Waals surface area contributed by atoms with Gasteiger partial charge in [-0.1, -0.05) is 18.2 Å². The summed E-state index contributed by atoms with van der Waals surface area (Å²) in [6.07, 6.45) is 6.91. The third-order valence-electron chi connectivity index (χ3n) is 4.91. The molecule has 1 aliphatic heterocycles. The Bertz CT molecular complexity index is 1200. The van der Waals surface area contributed by atoms with E-state index in [2.05, 4.69) is 37.0 Å². The van der Waals surface area contributed by atoms with Crippen molar-refractivity contribution in [1.82, 2.24) is 19.9 Å². The molecule has 6 heteroatoms. The highest BCUT2D eigenvalue weighted by Crippen LogP contribution is 2.29. The van der Waals surface area contributed by atoms with Crippen LogP contribution in [0.5, 0.6) is 0 Å². The maximum atomic E-state index is 12.3. The zero-order chi connectivity index (χ0) is 17.5. The van der Waals surface area contributed by atoms with Crippen molar-refractivity contribution in [2.75, 3.05) is 18.0 Å². The molecule has 0 bridgehead atoms. The Morgan fingerprint density at radius 1 is 1.08 bits per heavy atom. The van der Waals surface area contributed by atoms with Crippen LogP contribution in [0.3, 0.4) is 0 Å². The first-order chi connectivity index (χ1) is 12.8. The van der Waals surface area contributed by atoms with Gasteiger partial charge in [-0.05, 0) is 36.3 Å². The highest BCUT2D eigenvalue weighted by atomic mass is 16.1. The summed E-state index contributed by atoms with van der Waals surface area (Å²) in [6, 6.07) is 11.5. The predicted octanol–water partition coefficient (Wildman–Crippen LogP) is 3.09. The van der Waals surface area contributed by atoms with E-state index in [4.69, 9.17) is 0 Å². The Morgan fingerprint density at radius 3 is 2.85 bits per heavy atom. The van der Waals surface area contributed by atoms with E-state index in [0.717, 1.165) is 29.5 Å². The Labute approximate surface area is 149 Å². The highest BCUT2D eigenvalue weighted by molar-refractivity contribution is 5.91. The van der Waals surface area contributed by atoms with E-state index < -0.39 is 0 Å². The van der Waals surface area contributed by atoms with Gasteiger partial charge in [0.05, 0.1) is 10.9 Å². The zero-order valence-corrected chi connectivity index (χ0v) is 14.1. The first-order valence-corrected chi connectivity index (χ1v) is 8.65. The van der Waals surface area contributed by atoms with Crippen LogP contribution in [-0.4, -0.2) is 33.0 Å². The van der Waals surface area contributed by atoms with Gasteiger partial charge in [0.1, 0.15) is 5.65 Å². The van der Waals surface area contributed by atoms with Crippen molar-refractivity contribution in [2.45, 2.75) is 6.42 Å². The van der Waals surface area contributed by atoms with E-state index in [0.29, 0.717) is 17.9 Å². The van der Waals surface area contributed by atoms with Crippen LogP contribution >= 0.6 is 0 Å². The molecule has 4 heterocycles. The lowest BCUT2D eigenvalue weighted by Gasteiger charge is -2.27. The first-order valence-electron chi connectivity index (χ1n) is 8.65. The number of aromatic nitrogens is 4. The molecule has 4 aromatic rings. The fraction of sp³-hybridized carbons (Fsp3) is 0.150. The number of benzene rings is 1. The summed E-state index contributed by atoms with van der Waals surface area (Å²) >= 11 is 0. The number of hydrogen-bond acceptors (Lipinski definition) is 4. The van der Waals surface area contributed by atoms with Gasteiger partial charge >= 0.3 is 0 Å². The Hall–Kier alpha value is -3.41. The van der Waals surface area contributed by atoms with Gasteiger partial charge in [0.2, 0.25) is 5.95 Å². The van der Waals surface area contributed by atoms with Gasteiger partial charge in [-0.2, -0.15) is 0 Å². The molecular weight excluding hydrogens is 326 g/mol. The molecule has 0 amide bonds. The number of nitrogens with one attached hydrogen (secondary N) is 2. The summed E-state index contributed by atoms with van der Waals surface area (Å²) in [5.74, 6) is 0.629. The quantitative estimate of drug-likeness (QED) is 0.586. The predicted molar refractivity (Wildman–Crippen MR) is 103 cm³/mol. The van der Waals surface area contributed by atoms with Crippen LogP contribution in [0.15, 0.2) is 59.7 Å². The molecule has 0 aliphatic carbocycles. The van der Waals surface area contributed by atoms with Crippen molar-refractivity contribution in [3.8, 4) is 0 Å². The smallest absolute Gasteiger partial charge is 0.260 e. The summed E-state index contributed by atoms with van der Waals surface area (Å²) in [7, 11) is 0. The normalized spacial score (nSPS) is 14.8. The van der Waals surface area contributed by atoms with Crippen molar-refractivity contribution in [3.63, 3.8) is 0 Å². The van der Waals surface area contributed by atoms with Crippen molar-refractivity contribution >= 4 is 33.5 Å². The second-order valence-electron chi connectivity index (χ2n) is 6.43. The van der Waals surface area contributed by atoms with Crippen molar-refractivity contribution in [3.05, 3.63) is 70.8 Å². The summed E-state index contributed by atoms with van der Waals surface area (Å²) in [5, 5.41) is 1.76. The van der Waals surface area contributed by atoms with E-state index in [9.17, 15) is 4.79 Å². The number of fused-ring (bicyclic) bond motifs is 2. The molecule has 2 N–H and O–H groups in total. The lowest BCUT2D eigenvalue weighted by atomic mass is 10.00. The number of aromatic amines is 2. The molecule has 26 heavy (non-hydrogen) atoms. The zero-order valence-electron chi connectivity index (χ0n) is 14.1. The van der Waals surface area contributed by atoms with Gasteiger partial charge in [0.15, 0.2) is 0 Å². The fourth-order valence-corrected chi connectivity index (χ4v) is 3.55. The highest BCUT2D eigenvalue weighted by Gasteiger charge is 2.18. The summed E-state index contributed by atoms with van der Waals surface area (Å²) < 4.78 is 0. The number of H-pyrrole nitrogens is 2. The maximum absolute atomic E-state index is 12.3. The average Bonchev–Trinajstić information content (AvgIpc) is 3.12. The van der Waals surface area contributed by atoms with Crippen LogP contribution in [-0.2, 0) is 0 Å². The Morgan fingerprint density at radius 2 is 1.96 bits per heavy atom. The average molecular weight is 343 g/mol. The van der Waals surface area contributed by atoms with Crippen molar-refractivity contribution < 1.29 is 0 Å². The minimum absolute atomic E-state index is 0.0944. The van der Waals surface area contributed by atoms with Crippen LogP contribution in [0, 0.1) is 0 Å². The van der Waals surface area contributed by atoms with Gasteiger partial charge in [-0.3, -0.25) is 9.78 Å². The summed E-state index contributed by atoms with van der Waals surface area (Å²) in [5.41, 5.74) is 4.04. The SMILES string of the molecule is O=c1[nH]c(N2CC=C(c3c[nH]c4ncccc34)CC2)nc2ccccc12. The molecule has 1 aromatic carbocycles. The van der Waals surface area contributed by atoms with Gasteiger partial charge in [-0.15, -0.1) is 0 Å². The fourth-order valence-electron chi connectivity index (χ4n) is 3.55. The molecule has 0 unspecified atom stereocenters. The van der Waals surface area contributed by atoms with Gasteiger partial charge in [0, 0.05) is 36.4 Å². The molecular formula is C20H17N5O. The molecule has 6 nitrogen and oxygen atoms in total. The molecule has 0 fully saturated rings. The molecule has 1 aliphatic rings. The first kappa shape index (κ1) is 14.9. The molecule has 0 atom stereocenters.